The molecule has 0 saturated heterocycles. The molecule has 1 rings (SSSR count). The van der Waals surface area contributed by atoms with Gasteiger partial charge in [0.15, 0.2) is 5.69 Å². The van der Waals surface area contributed by atoms with Crippen molar-refractivity contribution in [3.8, 4) is 0 Å². The summed E-state index contributed by atoms with van der Waals surface area (Å²) >= 11 is -0.0431. The van der Waals surface area contributed by atoms with Gasteiger partial charge in [-0.2, -0.15) is 4.21 Å². The molecule has 0 unspecified atom stereocenters. The molecule has 0 radical (unpaired) electrons. The summed E-state index contributed by atoms with van der Waals surface area (Å²) in [7, 11) is 0. The second kappa shape index (κ2) is 3.72. The fourth-order valence-electron chi connectivity index (χ4n) is 0.736. The van der Waals surface area contributed by atoms with Crippen LogP contribution in [0.25, 0.3) is 0 Å². The zero-order valence-corrected chi connectivity index (χ0v) is 6.65. The standard InChI is InChI=1S/C6H4N2O3S/c9-8(10)6-4-2-1-3-5(6)7-12-11/h1-4H. The molecule has 0 N–H and O–H groups in total. The zero-order chi connectivity index (χ0) is 8.97. The van der Waals surface area contributed by atoms with Crippen LogP contribution in [0, 0.1) is 10.1 Å². The van der Waals surface area contributed by atoms with E-state index in [4.69, 9.17) is 0 Å². The van der Waals surface area contributed by atoms with Gasteiger partial charge in [0.05, 0.1) is 4.92 Å². The van der Waals surface area contributed by atoms with Gasteiger partial charge in [-0.3, -0.25) is 10.1 Å². The van der Waals surface area contributed by atoms with Crippen LogP contribution in [-0.2, 0) is 11.5 Å². The maximum Gasteiger partial charge on any atom is 0.295 e. The van der Waals surface area contributed by atoms with E-state index in [1.165, 1.54) is 18.2 Å². The molecule has 0 amide bonds. The van der Waals surface area contributed by atoms with Gasteiger partial charge in [-0.1, -0.05) is 12.1 Å². The Labute approximate surface area is 71.4 Å². The van der Waals surface area contributed by atoms with Gasteiger partial charge < -0.3 is 0 Å². The Morgan fingerprint density at radius 1 is 1.42 bits per heavy atom. The Morgan fingerprint density at radius 3 is 2.67 bits per heavy atom. The van der Waals surface area contributed by atoms with Crippen LogP contribution >= 0.6 is 0 Å². The fraction of sp³-hybridized carbons (Fsp3) is 0. The molecule has 0 bridgehead atoms. The number of hydrogen-bond donors (Lipinski definition) is 0. The third kappa shape index (κ3) is 1.73. The molecular formula is C6H4N2O3S. The van der Waals surface area contributed by atoms with Crippen LogP contribution in [0.4, 0.5) is 11.4 Å². The lowest BCUT2D eigenvalue weighted by atomic mass is 10.3. The lowest BCUT2D eigenvalue weighted by Crippen LogP contribution is -1.86. The third-order valence-corrected chi connectivity index (χ3v) is 1.49. The predicted octanol–water partition coefficient (Wildman–Crippen LogP) is 1.62. The van der Waals surface area contributed by atoms with Gasteiger partial charge in [-0.05, 0) is 6.07 Å². The summed E-state index contributed by atoms with van der Waals surface area (Å²) < 4.78 is 13.3. The lowest BCUT2D eigenvalue weighted by Gasteiger charge is -1.91. The van der Waals surface area contributed by atoms with Crippen LogP contribution in [0.3, 0.4) is 0 Å². The van der Waals surface area contributed by atoms with Crippen molar-refractivity contribution in [3.05, 3.63) is 34.4 Å². The van der Waals surface area contributed by atoms with Crippen molar-refractivity contribution in [2.24, 2.45) is 4.36 Å². The van der Waals surface area contributed by atoms with Crippen LogP contribution < -0.4 is 0 Å². The Morgan fingerprint density at radius 2 is 2.08 bits per heavy atom. The molecule has 1 aromatic rings. The summed E-state index contributed by atoms with van der Waals surface area (Å²) in [6.07, 6.45) is 0. The molecule has 0 atom stereocenters. The lowest BCUT2D eigenvalue weighted by molar-refractivity contribution is -0.384. The van der Waals surface area contributed by atoms with Gasteiger partial charge in [-0.25, -0.2) is 0 Å². The SMILES string of the molecule is O=S=Nc1ccccc1[N+](=O)[O-]. The summed E-state index contributed by atoms with van der Waals surface area (Å²) in [4.78, 5) is 9.76. The number of nitrogens with zero attached hydrogens (tertiary/aromatic N) is 2. The molecular weight excluding hydrogens is 180 g/mol. The second-order valence-corrected chi connectivity index (χ2v) is 2.24. The van der Waals surface area contributed by atoms with Crippen molar-refractivity contribution in [2.75, 3.05) is 0 Å². The molecule has 0 aliphatic rings. The zero-order valence-electron chi connectivity index (χ0n) is 5.84. The first-order valence-electron chi connectivity index (χ1n) is 2.99. The molecule has 0 spiro atoms. The molecule has 0 aliphatic carbocycles. The first-order valence-corrected chi connectivity index (χ1v) is 3.69. The summed E-state index contributed by atoms with van der Waals surface area (Å²) in [5, 5.41) is 10.3. The van der Waals surface area contributed by atoms with Gasteiger partial charge in [-0.15, -0.1) is 4.36 Å². The van der Waals surface area contributed by atoms with E-state index in [9.17, 15) is 14.3 Å². The Balaban J connectivity index is 3.26. The van der Waals surface area contributed by atoms with Gasteiger partial charge in [0.2, 0.25) is 11.5 Å². The highest BCUT2D eigenvalue weighted by molar-refractivity contribution is 7.54. The first-order chi connectivity index (χ1) is 5.75. The summed E-state index contributed by atoms with van der Waals surface area (Å²) in [6, 6.07) is 5.83. The number of para-hydroxylation sites is 1. The molecule has 62 valence electrons. The molecule has 0 aromatic heterocycles. The van der Waals surface area contributed by atoms with Gasteiger partial charge in [0, 0.05) is 6.07 Å². The molecule has 0 heterocycles. The van der Waals surface area contributed by atoms with E-state index in [0.29, 0.717) is 0 Å². The van der Waals surface area contributed by atoms with Gasteiger partial charge >= 0.3 is 0 Å². The van der Waals surface area contributed by atoms with Crippen LogP contribution in [-0.4, -0.2) is 9.13 Å². The van der Waals surface area contributed by atoms with Crippen molar-refractivity contribution in [2.45, 2.75) is 0 Å². The van der Waals surface area contributed by atoms with Crippen LogP contribution in [0.1, 0.15) is 0 Å². The second-order valence-electron chi connectivity index (χ2n) is 1.91. The maximum absolute atomic E-state index is 10.3. The largest absolute Gasteiger partial charge is 0.295 e. The van der Waals surface area contributed by atoms with E-state index >= 15 is 0 Å². The number of nitro groups is 1. The number of nitro benzene ring substituents is 1. The summed E-state index contributed by atoms with van der Waals surface area (Å²) in [6.45, 7) is 0. The summed E-state index contributed by atoms with van der Waals surface area (Å²) in [5.41, 5.74) is -0.0525. The van der Waals surface area contributed by atoms with E-state index in [0.717, 1.165) is 0 Å². The molecule has 6 heteroatoms. The maximum atomic E-state index is 10.3. The van der Waals surface area contributed by atoms with Crippen LogP contribution in [0.2, 0.25) is 0 Å². The minimum absolute atomic E-state index is 0.0431. The minimum Gasteiger partial charge on any atom is -0.258 e. The van der Waals surface area contributed by atoms with E-state index in [2.05, 4.69) is 4.36 Å². The quantitative estimate of drug-likeness (QED) is 0.517. The highest BCUT2D eigenvalue weighted by Gasteiger charge is 2.10. The number of benzene rings is 1. The smallest absolute Gasteiger partial charge is 0.258 e. The average molecular weight is 184 g/mol. The van der Waals surface area contributed by atoms with E-state index in [1.807, 2.05) is 0 Å². The Kier molecular flexibility index (Phi) is 2.65. The van der Waals surface area contributed by atoms with Crippen LogP contribution in [0.5, 0.6) is 0 Å². The monoisotopic (exact) mass is 184 g/mol. The number of hydrogen-bond acceptors (Lipinski definition) is 4. The van der Waals surface area contributed by atoms with Crippen molar-refractivity contribution in [3.63, 3.8) is 0 Å². The predicted molar refractivity (Wildman–Crippen MR) is 43.3 cm³/mol. The fourth-order valence-corrected chi connectivity index (χ4v) is 0.971. The highest BCUT2D eigenvalue weighted by atomic mass is 32.1. The minimum atomic E-state index is -0.574. The molecule has 0 fully saturated rings. The Hall–Kier alpha value is -1.56. The Bertz CT molecular complexity index is 339. The van der Waals surface area contributed by atoms with E-state index < -0.39 is 4.92 Å². The first kappa shape index (κ1) is 8.54. The van der Waals surface area contributed by atoms with Crippen molar-refractivity contribution in [1.29, 1.82) is 0 Å². The number of rotatable bonds is 2. The van der Waals surface area contributed by atoms with E-state index in [-0.39, 0.29) is 22.8 Å². The average Bonchev–Trinajstić information content (AvgIpc) is 2.05. The normalized spacial score (nSPS) is 9.00. The van der Waals surface area contributed by atoms with E-state index in [1.54, 1.807) is 6.07 Å². The third-order valence-electron chi connectivity index (χ3n) is 1.21. The molecule has 1 aromatic carbocycles. The molecule has 5 nitrogen and oxygen atoms in total. The summed E-state index contributed by atoms with van der Waals surface area (Å²) in [5.74, 6) is 0. The van der Waals surface area contributed by atoms with Gasteiger partial charge in [0.1, 0.15) is 0 Å². The topological polar surface area (TPSA) is 72.6 Å². The van der Waals surface area contributed by atoms with Gasteiger partial charge in [0.25, 0.3) is 5.69 Å². The highest BCUT2D eigenvalue weighted by Crippen LogP contribution is 2.25. The van der Waals surface area contributed by atoms with Crippen molar-refractivity contribution >= 4 is 22.8 Å². The van der Waals surface area contributed by atoms with Crippen LogP contribution in [0.15, 0.2) is 28.6 Å². The molecule has 12 heavy (non-hydrogen) atoms. The molecule has 0 saturated carbocycles. The van der Waals surface area contributed by atoms with Crippen molar-refractivity contribution in [1.82, 2.24) is 0 Å². The van der Waals surface area contributed by atoms with Crippen molar-refractivity contribution < 1.29 is 9.13 Å². The molecule has 0 aliphatic heterocycles.